The number of aromatic nitrogens is 3. The van der Waals surface area contributed by atoms with E-state index in [1.54, 1.807) is 0 Å². The Hall–Kier alpha value is -1.47. The maximum absolute atomic E-state index is 10.8. The van der Waals surface area contributed by atoms with E-state index in [0.717, 1.165) is 6.42 Å². The summed E-state index contributed by atoms with van der Waals surface area (Å²) in [5, 5.41) is 13.1. The number of carboxylic acids is 1. The van der Waals surface area contributed by atoms with Crippen LogP contribution in [0.4, 0.5) is 0 Å². The maximum Gasteiger partial charge on any atom is 0.325 e. The van der Waals surface area contributed by atoms with E-state index in [-0.39, 0.29) is 19.1 Å². The highest BCUT2D eigenvalue weighted by Gasteiger charge is 2.24. The first-order chi connectivity index (χ1) is 8.70. The van der Waals surface area contributed by atoms with Gasteiger partial charge in [0.2, 0.25) is 0 Å². The first kappa shape index (κ1) is 13.0. The number of rotatable bonds is 6. The quantitative estimate of drug-likeness (QED) is 0.792. The molecule has 18 heavy (non-hydrogen) atoms. The first-order valence-electron chi connectivity index (χ1n) is 6.01. The molecule has 0 aliphatic carbocycles. The van der Waals surface area contributed by atoms with E-state index in [1.165, 1.54) is 4.68 Å². The van der Waals surface area contributed by atoms with Crippen molar-refractivity contribution in [1.82, 2.24) is 14.8 Å². The van der Waals surface area contributed by atoms with Crippen LogP contribution in [0.1, 0.15) is 30.9 Å². The molecule has 7 nitrogen and oxygen atoms in total. The van der Waals surface area contributed by atoms with Crippen LogP contribution >= 0.6 is 0 Å². The molecule has 7 heteroatoms. The highest BCUT2D eigenvalue weighted by Crippen LogP contribution is 2.22. The van der Waals surface area contributed by atoms with E-state index in [0.29, 0.717) is 31.5 Å². The monoisotopic (exact) mass is 255 g/mol. The molecule has 0 amide bonds. The summed E-state index contributed by atoms with van der Waals surface area (Å²) in [6.45, 7) is 3.84. The van der Waals surface area contributed by atoms with Crippen molar-refractivity contribution in [2.75, 3.05) is 19.8 Å². The van der Waals surface area contributed by atoms with Crippen LogP contribution in [0.25, 0.3) is 0 Å². The third-order valence-electron chi connectivity index (χ3n) is 2.78. The van der Waals surface area contributed by atoms with Gasteiger partial charge in [0.05, 0.1) is 6.61 Å². The second kappa shape index (κ2) is 5.92. The Kier molecular flexibility index (Phi) is 4.27. The SMILES string of the molecule is CCOCc1nc([C@H]2CCOC2)nn1CC(=O)O. The summed E-state index contributed by atoms with van der Waals surface area (Å²) in [5.74, 6) is 0.442. The van der Waals surface area contributed by atoms with Gasteiger partial charge in [0.15, 0.2) is 11.6 Å². The smallest absolute Gasteiger partial charge is 0.325 e. The minimum atomic E-state index is -0.938. The van der Waals surface area contributed by atoms with Crippen molar-refractivity contribution in [3.63, 3.8) is 0 Å². The highest BCUT2D eigenvalue weighted by molar-refractivity contribution is 5.66. The molecule has 0 bridgehead atoms. The number of hydrogen-bond acceptors (Lipinski definition) is 5. The number of carbonyl (C=O) groups is 1. The van der Waals surface area contributed by atoms with E-state index >= 15 is 0 Å². The number of aliphatic carboxylic acids is 1. The van der Waals surface area contributed by atoms with Gasteiger partial charge in [-0.1, -0.05) is 0 Å². The molecule has 1 aromatic rings. The van der Waals surface area contributed by atoms with Gasteiger partial charge in [-0.15, -0.1) is 0 Å². The summed E-state index contributed by atoms with van der Waals surface area (Å²) >= 11 is 0. The van der Waals surface area contributed by atoms with Crippen LogP contribution in [0.15, 0.2) is 0 Å². The molecular weight excluding hydrogens is 238 g/mol. The second-order valence-electron chi connectivity index (χ2n) is 4.14. The fourth-order valence-electron chi connectivity index (χ4n) is 1.86. The molecule has 1 fully saturated rings. The fraction of sp³-hybridized carbons (Fsp3) is 0.727. The third kappa shape index (κ3) is 3.05. The lowest BCUT2D eigenvalue weighted by atomic mass is 10.1. The molecule has 2 rings (SSSR count). The van der Waals surface area contributed by atoms with Gasteiger partial charge in [-0.05, 0) is 13.3 Å². The average molecular weight is 255 g/mol. The summed E-state index contributed by atoms with van der Waals surface area (Å²) in [6.07, 6.45) is 0.880. The molecule has 1 N–H and O–H groups in total. The summed E-state index contributed by atoms with van der Waals surface area (Å²) < 4.78 is 12.0. The minimum Gasteiger partial charge on any atom is -0.480 e. The van der Waals surface area contributed by atoms with Crippen LogP contribution in [-0.2, 0) is 27.4 Å². The van der Waals surface area contributed by atoms with Crippen molar-refractivity contribution in [2.45, 2.75) is 32.4 Å². The summed E-state index contributed by atoms with van der Waals surface area (Å²) in [4.78, 5) is 15.1. The molecule has 0 unspecified atom stereocenters. The van der Waals surface area contributed by atoms with E-state index < -0.39 is 5.97 Å². The predicted octanol–water partition coefficient (Wildman–Crippen LogP) is 0.403. The Balaban J connectivity index is 2.15. The van der Waals surface area contributed by atoms with E-state index in [4.69, 9.17) is 14.6 Å². The molecule has 1 aliphatic rings. The van der Waals surface area contributed by atoms with Gasteiger partial charge in [0.25, 0.3) is 0 Å². The molecule has 0 aromatic carbocycles. The van der Waals surface area contributed by atoms with Crippen LogP contribution in [-0.4, -0.2) is 45.7 Å². The van der Waals surface area contributed by atoms with Crippen molar-refractivity contribution in [1.29, 1.82) is 0 Å². The van der Waals surface area contributed by atoms with Gasteiger partial charge in [0.1, 0.15) is 13.2 Å². The zero-order valence-corrected chi connectivity index (χ0v) is 10.3. The Bertz CT molecular complexity index is 412. The van der Waals surface area contributed by atoms with Gasteiger partial charge in [0, 0.05) is 19.1 Å². The van der Waals surface area contributed by atoms with Crippen molar-refractivity contribution in [3.8, 4) is 0 Å². The molecule has 1 aliphatic heterocycles. The average Bonchev–Trinajstić information content (AvgIpc) is 2.94. The third-order valence-corrected chi connectivity index (χ3v) is 2.78. The Labute approximate surface area is 105 Å². The summed E-state index contributed by atoms with van der Waals surface area (Å²) in [7, 11) is 0. The lowest BCUT2D eigenvalue weighted by Crippen LogP contribution is -2.14. The van der Waals surface area contributed by atoms with E-state index in [9.17, 15) is 4.79 Å². The molecule has 0 spiro atoms. The van der Waals surface area contributed by atoms with Crippen LogP contribution in [0.5, 0.6) is 0 Å². The number of carboxylic acid groups (broad SMARTS) is 1. The predicted molar refractivity (Wildman–Crippen MR) is 61.2 cm³/mol. The van der Waals surface area contributed by atoms with Crippen LogP contribution < -0.4 is 0 Å². The number of nitrogens with zero attached hydrogens (tertiary/aromatic N) is 3. The van der Waals surface area contributed by atoms with Crippen molar-refractivity contribution >= 4 is 5.97 Å². The van der Waals surface area contributed by atoms with Gasteiger partial charge < -0.3 is 14.6 Å². The Morgan fingerprint density at radius 3 is 3.11 bits per heavy atom. The largest absolute Gasteiger partial charge is 0.480 e. The second-order valence-corrected chi connectivity index (χ2v) is 4.14. The normalized spacial score (nSPS) is 19.3. The zero-order chi connectivity index (χ0) is 13.0. The van der Waals surface area contributed by atoms with Crippen molar-refractivity contribution in [2.24, 2.45) is 0 Å². The molecular formula is C11H17N3O4. The molecule has 0 radical (unpaired) electrons. The van der Waals surface area contributed by atoms with Crippen molar-refractivity contribution in [3.05, 3.63) is 11.6 Å². The highest BCUT2D eigenvalue weighted by atomic mass is 16.5. The topological polar surface area (TPSA) is 86.5 Å². The Morgan fingerprint density at radius 1 is 1.67 bits per heavy atom. The van der Waals surface area contributed by atoms with Crippen LogP contribution in [0.2, 0.25) is 0 Å². The molecule has 100 valence electrons. The first-order valence-corrected chi connectivity index (χ1v) is 6.01. The fourth-order valence-corrected chi connectivity index (χ4v) is 1.86. The molecule has 0 saturated carbocycles. The Morgan fingerprint density at radius 2 is 2.50 bits per heavy atom. The molecule has 2 heterocycles. The standard InChI is InChI=1S/C11H17N3O4/c1-2-17-7-9-12-11(8-3-4-18-6-8)13-14(9)5-10(15)16/h8H,2-7H2,1H3,(H,15,16)/t8-/m0/s1. The molecule has 1 saturated heterocycles. The molecule has 1 atom stereocenters. The van der Waals surface area contributed by atoms with E-state index in [1.807, 2.05) is 6.92 Å². The minimum absolute atomic E-state index is 0.167. The van der Waals surface area contributed by atoms with Crippen LogP contribution in [0, 0.1) is 0 Å². The summed E-state index contributed by atoms with van der Waals surface area (Å²) in [5.41, 5.74) is 0. The zero-order valence-electron chi connectivity index (χ0n) is 10.3. The number of hydrogen-bond donors (Lipinski definition) is 1. The maximum atomic E-state index is 10.8. The van der Waals surface area contributed by atoms with Gasteiger partial charge >= 0.3 is 5.97 Å². The van der Waals surface area contributed by atoms with Gasteiger partial charge in [-0.2, -0.15) is 5.10 Å². The lowest BCUT2D eigenvalue weighted by molar-refractivity contribution is -0.138. The van der Waals surface area contributed by atoms with Crippen molar-refractivity contribution < 1.29 is 19.4 Å². The number of ether oxygens (including phenoxy) is 2. The van der Waals surface area contributed by atoms with Gasteiger partial charge in [-0.3, -0.25) is 4.79 Å². The van der Waals surface area contributed by atoms with Crippen LogP contribution in [0.3, 0.4) is 0 Å². The van der Waals surface area contributed by atoms with Gasteiger partial charge in [-0.25, -0.2) is 9.67 Å². The lowest BCUT2D eigenvalue weighted by Gasteiger charge is -2.02. The van der Waals surface area contributed by atoms with E-state index in [2.05, 4.69) is 10.1 Å². The molecule has 1 aromatic heterocycles. The summed E-state index contributed by atoms with van der Waals surface area (Å²) in [6, 6.07) is 0.